The van der Waals surface area contributed by atoms with Crippen LogP contribution >= 0.6 is 11.3 Å². The van der Waals surface area contributed by atoms with Gasteiger partial charge in [-0.25, -0.2) is 9.50 Å². The summed E-state index contributed by atoms with van der Waals surface area (Å²) in [6.45, 7) is 2.24. The second kappa shape index (κ2) is 9.23. The summed E-state index contributed by atoms with van der Waals surface area (Å²) in [5.41, 5.74) is 3.06. The molecule has 1 amide bonds. The van der Waals surface area contributed by atoms with E-state index in [4.69, 9.17) is 14.8 Å². The highest BCUT2D eigenvalue weighted by molar-refractivity contribution is 7.20. The van der Waals surface area contributed by atoms with Gasteiger partial charge >= 0.3 is 0 Å². The number of amides is 1. The number of piperidine rings is 1. The summed E-state index contributed by atoms with van der Waals surface area (Å²) in [5.74, 6) is 1.01. The molecule has 5 rings (SSSR count). The molecule has 1 atom stereocenters. The highest BCUT2D eigenvalue weighted by atomic mass is 32.1. The first-order valence-electron chi connectivity index (χ1n) is 11.1. The minimum absolute atomic E-state index is 0.0152. The molecule has 1 aliphatic rings. The highest BCUT2D eigenvalue weighted by Crippen LogP contribution is 2.30. The van der Waals surface area contributed by atoms with Crippen molar-refractivity contribution in [1.82, 2.24) is 19.5 Å². The Hall–Kier alpha value is -3.39. The van der Waals surface area contributed by atoms with E-state index in [2.05, 4.69) is 17.0 Å². The van der Waals surface area contributed by atoms with Crippen molar-refractivity contribution >= 4 is 27.3 Å². The minimum Gasteiger partial charge on any atom is -0.497 e. The molecule has 4 aromatic rings. The number of hydrogen-bond acceptors (Lipinski definition) is 6. The van der Waals surface area contributed by atoms with E-state index in [9.17, 15) is 4.79 Å². The van der Waals surface area contributed by atoms with Gasteiger partial charge in [0.2, 0.25) is 16.0 Å². The van der Waals surface area contributed by atoms with E-state index in [1.165, 1.54) is 0 Å². The first kappa shape index (κ1) is 21.5. The number of fused-ring (bicyclic) bond motifs is 1. The Morgan fingerprint density at radius 3 is 2.70 bits per heavy atom. The summed E-state index contributed by atoms with van der Waals surface area (Å²) in [5, 5.41) is 5.69. The van der Waals surface area contributed by atoms with Crippen LogP contribution in [0.3, 0.4) is 0 Å². The van der Waals surface area contributed by atoms with Gasteiger partial charge in [-0.2, -0.15) is 0 Å². The van der Waals surface area contributed by atoms with E-state index < -0.39 is 0 Å². The van der Waals surface area contributed by atoms with Gasteiger partial charge in [-0.05, 0) is 42.7 Å². The number of rotatable bonds is 6. The normalized spacial score (nSPS) is 16.2. The molecule has 0 aliphatic carbocycles. The Kier molecular flexibility index (Phi) is 6.00. The molecule has 8 heteroatoms. The number of benzene rings is 2. The van der Waals surface area contributed by atoms with Crippen LogP contribution in [-0.2, 0) is 11.3 Å². The topological polar surface area (TPSA) is 63.0 Å². The Morgan fingerprint density at radius 2 is 1.97 bits per heavy atom. The summed E-state index contributed by atoms with van der Waals surface area (Å²) >= 11 is 1.57. The van der Waals surface area contributed by atoms with Crippen molar-refractivity contribution in [1.29, 1.82) is 0 Å². The molecule has 33 heavy (non-hydrogen) atoms. The molecule has 2 aromatic carbocycles. The van der Waals surface area contributed by atoms with E-state index >= 15 is 0 Å². The Morgan fingerprint density at radius 1 is 1.18 bits per heavy atom. The standard InChI is InChI=1S/C25H27N5O2S/c1-28(15-18-7-4-3-5-8-18)23(31)20-9-6-14-29(16-20)25-27-30-17-22(26-24(30)33-25)19-10-12-21(32-2)13-11-19/h3-5,7-8,10-13,17,20H,6,9,14-16H2,1-2H3/t20-/m0/s1. The van der Waals surface area contributed by atoms with Gasteiger partial charge in [0, 0.05) is 32.2 Å². The van der Waals surface area contributed by atoms with Crippen LogP contribution in [0, 0.1) is 5.92 Å². The Balaban J connectivity index is 1.27. The lowest BCUT2D eigenvalue weighted by Gasteiger charge is -2.33. The van der Waals surface area contributed by atoms with Crippen molar-refractivity contribution in [2.75, 3.05) is 32.1 Å². The maximum atomic E-state index is 13.1. The van der Waals surface area contributed by atoms with Crippen LogP contribution in [0.25, 0.3) is 16.2 Å². The Labute approximate surface area is 197 Å². The molecular weight excluding hydrogens is 434 g/mol. The average molecular weight is 462 g/mol. The molecule has 0 saturated carbocycles. The minimum atomic E-state index is -0.0152. The summed E-state index contributed by atoms with van der Waals surface area (Å²) in [6, 6.07) is 18.0. The third kappa shape index (κ3) is 4.57. The van der Waals surface area contributed by atoms with Crippen LogP contribution in [0.1, 0.15) is 18.4 Å². The van der Waals surface area contributed by atoms with Crippen molar-refractivity contribution < 1.29 is 9.53 Å². The smallest absolute Gasteiger partial charge is 0.227 e. The average Bonchev–Trinajstić information content (AvgIpc) is 3.44. The predicted molar refractivity (Wildman–Crippen MR) is 131 cm³/mol. The molecule has 1 saturated heterocycles. The van der Waals surface area contributed by atoms with E-state index in [1.807, 2.05) is 65.1 Å². The van der Waals surface area contributed by atoms with Gasteiger partial charge in [-0.3, -0.25) is 4.79 Å². The molecule has 0 unspecified atom stereocenters. The van der Waals surface area contributed by atoms with Gasteiger partial charge in [0.15, 0.2) is 0 Å². The molecule has 170 valence electrons. The molecule has 0 radical (unpaired) electrons. The maximum Gasteiger partial charge on any atom is 0.227 e. The summed E-state index contributed by atoms with van der Waals surface area (Å²) < 4.78 is 7.07. The first-order valence-corrected chi connectivity index (χ1v) is 12.0. The van der Waals surface area contributed by atoms with Gasteiger partial charge in [0.05, 0.1) is 24.9 Å². The van der Waals surface area contributed by atoms with E-state index in [0.717, 1.165) is 52.0 Å². The zero-order valence-electron chi connectivity index (χ0n) is 18.8. The monoisotopic (exact) mass is 461 g/mol. The van der Waals surface area contributed by atoms with Gasteiger partial charge in [0.1, 0.15) is 5.75 Å². The largest absolute Gasteiger partial charge is 0.497 e. The quantitative estimate of drug-likeness (QED) is 0.427. The molecule has 0 spiro atoms. The van der Waals surface area contributed by atoms with Crippen LogP contribution < -0.4 is 9.64 Å². The number of carbonyl (C=O) groups is 1. The van der Waals surface area contributed by atoms with E-state index in [-0.39, 0.29) is 11.8 Å². The number of hydrogen-bond donors (Lipinski definition) is 0. The van der Waals surface area contributed by atoms with Crippen LogP contribution in [0.5, 0.6) is 5.75 Å². The molecule has 3 heterocycles. The van der Waals surface area contributed by atoms with Gasteiger partial charge in [0.25, 0.3) is 0 Å². The lowest BCUT2D eigenvalue weighted by molar-refractivity contribution is -0.135. The molecule has 0 bridgehead atoms. The summed E-state index contributed by atoms with van der Waals surface area (Å²) in [6.07, 6.45) is 3.85. The van der Waals surface area contributed by atoms with Gasteiger partial charge < -0.3 is 14.5 Å². The van der Waals surface area contributed by atoms with Crippen molar-refractivity contribution in [3.05, 3.63) is 66.4 Å². The lowest BCUT2D eigenvalue weighted by Crippen LogP contribution is -2.43. The van der Waals surface area contributed by atoms with Crippen LogP contribution in [0.2, 0.25) is 0 Å². The number of carbonyl (C=O) groups excluding carboxylic acids is 1. The number of ether oxygens (including phenoxy) is 1. The van der Waals surface area contributed by atoms with Crippen LogP contribution in [0.15, 0.2) is 60.8 Å². The molecular formula is C25H27N5O2S. The maximum absolute atomic E-state index is 13.1. The highest BCUT2D eigenvalue weighted by Gasteiger charge is 2.29. The van der Waals surface area contributed by atoms with Gasteiger partial charge in [-0.1, -0.05) is 41.7 Å². The number of aromatic nitrogens is 3. The number of methoxy groups -OCH3 is 1. The fourth-order valence-electron chi connectivity index (χ4n) is 4.32. The summed E-state index contributed by atoms with van der Waals surface area (Å²) in [7, 11) is 3.56. The zero-order valence-corrected chi connectivity index (χ0v) is 19.7. The predicted octanol–water partition coefficient (Wildman–Crippen LogP) is 4.34. The summed E-state index contributed by atoms with van der Waals surface area (Å²) in [4.78, 5) is 22.8. The molecule has 1 fully saturated rings. The van der Waals surface area contributed by atoms with Crippen molar-refractivity contribution in [2.24, 2.45) is 5.92 Å². The van der Waals surface area contributed by atoms with E-state index in [0.29, 0.717) is 13.1 Å². The molecule has 7 nitrogen and oxygen atoms in total. The third-order valence-electron chi connectivity index (χ3n) is 6.10. The molecule has 0 N–H and O–H groups in total. The van der Waals surface area contributed by atoms with Gasteiger partial charge in [-0.15, -0.1) is 5.10 Å². The fourth-order valence-corrected chi connectivity index (χ4v) is 5.24. The fraction of sp³-hybridized carbons (Fsp3) is 0.320. The Bertz CT molecular complexity index is 1200. The van der Waals surface area contributed by atoms with Crippen molar-refractivity contribution in [3.63, 3.8) is 0 Å². The third-order valence-corrected chi connectivity index (χ3v) is 7.08. The zero-order chi connectivity index (χ0) is 22.8. The second-order valence-corrected chi connectivity index (χ2v) is 9.37. The number of imidazole rings is 1. The SMILES string of the molecule is COc1ccc(-c2cn3nc(N4CCC[C@H](C(=O)N(C)Cc5ccccc5)C4)sc3n2)cc1. The molecule has 2 aromatic heterocycles. The van der Waals surface area contributed by atoms with Crippen molar-refractivity contribution in [3.8, 4) is 17.0 Å². The second-order valence-electron chi connectivity index (χ2n) is 8.43. The lowest BCUT2D eigenvalue weighted by atomic mass is 9.97. The number of anilines is 1. The molecule has 1 aliphatic heterocycles. The van der Waals surface area contributed by atoms with Crippen LogP contribution in [0.4, 0.5) is 5.13 Å². The first-order chi connectivity index (χ1) is 16.1. The van der Waals surface area contributed by atoms with Crippen molar-refractivity contribution in [2.45, 2.75) is 19.4 Å². The van der Waals surface area contributed by atoms with E-state index in [1.54, 1.807) is 18.4 Å². The van der Waals surface area contributed by atoms with Crippen LogP contribution in [-0.4, -0.2) is 52.7 Å². The number of nitrogens with zero attached hydrogens (tertiary/aromatic N) is 5.